The highest BCUT2D eigenvalue weighted by molar-refractivity contribution is 5.79. The lowest BCUT2D eigenvalue weighted by Crippen LogP contribution is -2.29. The molecule has 1 rings (SSSR count). The average Bonchev–Trinajstić information content (AvgIpc) is 2.35. The van der Waals surface area contributed by atoms with E-state index in [4.69, 9.17) is 0 Å². The lowest BCUT2D eigenvalue weighted by molar-refractivity contribution is -0.384. The molecule has 0 saturated carbocycles. The van der Waals surface area contributed by atoms with Crippen LogP contribution in [0.1, 0.15) is 13.3 Å². The highest BCUT2D eigenvalue weighted by Crippen LogP contribution is 2.16. The summed E-state index contributed by atoms with van der Waals surface area (Å²) >= 11 is 0. The summed E-state index contributed by atoms with van der Waals surface area (Å²) in [6, 6.07) is 5.44. The van der Waals surface area contributed by atoms with Gasteiger partial charge in [0.1, 0.15) is 6.04 Å². The number of non-ortho nitro benzene ring substituents is 1. The molecule has 1 aromatic rings. The number of ether oxygens (including phenoxy) is 1. The number of hydrogen-bond donors (Lipinski definition) is 1. The van der Waals surface area contributed by atoms with E-state index in [9.17, 15) is 14.9 Å². The van der Waals surface area contributed by atoms with E-state index >= 15 is 0 Å². The van der Waals surface area contributed by atoms with Crippen LogP contribution in [0.5, 0.6) is 0 Å². The van der Waals surface area contributed by atoms with Crippen LogP contribution in [0, 0.1) is 10.1 Å². The molecule has 92 valence electrons. The zero-order valence-corrected chi connectivity index (χ0v) is 9.67. The molecule has 0 aliphatic carbocycles. The predicted octanol–water partition coefficient (Wildman–Crippen LogP) is 1.96. The largest absolute Gasteiger partial charge is 0.467 e. The maximum absolute atomic E-state index is 11.3. The number of nitro groups is 1. The molecule has 0 bridgehead atoms. The quantitative estimate of drug-likeness (QED) is 0.481. The van der Waals surface area contributed by atoms with Crippen molar-refractivity contribution >= 4 is 17.3 Å². The molecule has 1 aromatic carbocycles. The van der Waals surface area contributed by atoms with Crippen molar-refractivity contribution < 1.29 is 14.5 Å². The van der Waals surface area contributed by atoms with Gasteiger partial charge in [-0.05, 0) is 18.6 Å². The molecule has 0 radical (unpaired) electrons. The number of rotatable bonds is 5. The van der Waals surface area contributed by atoms with Crippen molar-refractivity contribution in [3.05, 3.63) is 34.4 Å². The van der Waals surface area contributed by atoms with Gasteiger partial charge in [-0.2, -0.15) is 0 Å². The van der Waals surface area contributed by atoms with Gasteiger partial charge in [0.2, 0.25) is 0 Å². The normalized spacial score (nSPS) is 11.6. The van der Waals surface area contributed by atoms with Gasteiger partial charge in [0.05, 0.1) is 12.0 Å². The van der Waals surface area contributed by atoms with Crippen LogP contribution in [0.15, 0.2) is 24.3 Å². The SMILES string of the molecule is CCC(Nc1ccc([N+](=O)[O-])cc1)C(=O)OC. The summed E-state index contributed by atoms with van der Waals surface area (Å²) in [5.74, 6) is -0.356. The molecule has 0 saturated heterocycles. The summed E-state index contributed by atoms with van der Waals surface area (Å²) in [5.41, 5.74) is 0.662. The minimum Gasteiger partial charge on any atom is -0.467 e. The number of anilines is 1. The Balaban J connectivity index is 2.74. The fourth-order valence-corrected chi connectivity index (χ4v) is 1.35. The zero-order valence-electron chi connectivity index (χ0n) is 9.67. The van der Waals surface area contributed by atoms with E-state index in [1.807, 2.05) is 6.92 Å². The van der Waals surface area contributed by atoms with Crippen molar-refractivity contribution in [1.29, 1.82) is 0 Å². The molecular weight excluding hydrogens is 224 g/mol. The lowest BCUT2D eigenvalue weighted by Gasteiger charge is -2.15. The minimum atomic E-state index is -0.471. The van der Waals surface area contributed by atoms with Crippen LogP contribution in [0.4, 0.5) is 11.4 Å². The Hall–Kier alpha value is -2.11. The van der Waals surface area contributed by atoms with Crippen LogP contribution in [0.25, 0.3) is 0 Å². The van der Waals surface area contributed by atoms with E-state index in [0.717, 1.165) is 0 Å². The first-order valence-corrected chi connectivity index (χ1v) is 5.17. The van der Waals surface area contributed by atoms with Crippen molar-refractivity contribution in [2.24, 2.45) is 0 Å². The van der Waals surface area contributed by atoms with Gasteiger partial charge in [-0.25, -0.2) is 4.79 Å². The fourth-order valence-electron chi connectivity index (χ4n) is 1.35. The number of nitro benzene ring substituents is 1. The van der Waals surface area contributed by atoms with Gasteiger partial charge in [-0.3, -0.25) is 10.1 Å². The van der Waals surface area contributed by atoms with E-state index < -0.39 is 11.0 Å². The molecule has 1 N–H and O–H groups in total. The number of hydrogen-bond acceptors (Lipinski definition) is 5. The number of benzene rings is 1. The molecule has 0 amide bonds. The third kappa shape index (κ3) is 3.44. The summed E-state index contributed by atoms with van der Waals surface area (Å²) in [6.07, 6.45) is 0.573. The van der Waals surface area contributed by atoms with Crippen LogP contribution >= 0.6 is 0 Å². The Labute approximate surface area is 98.7 Å². The van der Waals surface area contributed by atoms with E-state index in [1.165, 1.54) is 19.2 Å². The Kier molecular flexibility index (Phi) is 4.45. The summed E-state index contributed by atoms with van der Waals surface area (Å²) < 4.78 is 4.63. The third-order valence-electron chi connectivity index (χ3n) is 2.31. The van der Waals surface area contributed by atoms with Crippen LogP contribution in [0.2, 0.25) is 0 Å². The molecule has 0 spiro atoms. The van der Waals surface area contributed by atoms with Crippen LogP contribution in [-0.4, -0.2) is 24.0 Å². The highest BCUT2D eigenvalue weighted by Gasteiger charge is 2.16. The Morgan fingerprint density at radius 3 is 2.47 bits per heavy atom. The van der Waals surface area contributed by atoms with E-state index in [0.29, 0.717) is 12.1 Å². The third-order valence-corrected chi connectivity index (χ3v) is 2.31. The molecule has 6 nitrogen and oxygen atoms in total. The lowest BCUT2D eigenvalue weighted by atomic mass is 10.2. The van der Waals surface area contributed by atoms with Gasteiger partial charge in [-0.15, -0.1) is 0 Å². The first-order chi connectivity index (χ1) is 8.08. The Bertz CT molecular complexity index is 402. The number of carbonyl (C=O) groups excluding carboxylic acids is 1. The molecule has 0 heterocycles. The minimum absolute atomic E-state index is 0.0154. The standard InChI is InChI=1S/C11H14N2O4/c1-3-10(11(14)17-2)12-8-4-6-9(7-5-8)13(15)16/h4-7,10,12H,3H2,1-2H3. The summed E-state index contributed by atoms with van der Waals surface area (Å²) in [7, 11) is 1.32. The van der Waals surface area contributed by atoms with E-state index in [-0.39, 0.29) is 11.7 Å². The van der Waals surface area contributed by atoms with Crippen LogP contribution in [-0.2, 0) is 9.53 Å². The number of nitrogens with one attached hydrogen (secondary N) is 1. The van der Waals surface area contributed by atoms with Gasteiger partial charge < -0.3 is 10.1 Å². The average molecular weight is 238 g/mol. The topological polar surface area (TPSA) is 81.5 Å². The molecule has 0 fully saturated rings. The van der Waals surface area contributed by atoms with Crippen LogP contribution < -0.4 is 5.32 Å². The second-order valence-electron chi connectivity index (χ2n) is 3.43. The molecule has 1 atom stereocenters. The molecule has 0 aliphatic heterocycles. The van der Waals surface area contributed by atoms with Gasteiger partial charge in [0.25, 0.3) is 5.69 Å². The number of nitrogens with zero attached hydrogens (tertiary/aromatic N) is 1. The van der Waals surface area contributed by atoms with Gasteiger partial charge >= 0.3 is 5.97 Å². The molecule has 1 unspecified atom stereocenters. The monoisotopic (exact) mass is 238 g/mol. The van der Waals surface area contributed by atoms with E-state index in [1.54, 1.807) is 12.1 Å². The Morgan fingerprint density at radius 1 is 1.47 bits per heavy atom. The van der Waals surface area contributed by atoms with Gasteiger partial charge in [-0.1, -0.05) is 6.92 Å². The molecule has 17 heavy (non-hydrogen) atoms. The zero-order chi connectivity index (χ0) is 12.8. The highest BCUT2D eigenvalue weighted by atomic mass is 16.6. The van der Waals surface area contributed by atoms with E-state index in [2.05, 4.69) is 10.1 Å². The second kappa shape index (κ2) is 5.83. The molecule has 0 aliphatic rings. The number of esters is 1. The summed E-state index contributed by atoms with van der Waals surface area (Å²) in [6.45, 7) is 1.85. The van der Waals surface area contributed by atoms with Crippen molar-refractivity contribution in [2.75, 3.05) is 12.4 Å². The molecular formula is C11H14N2O4. The smallest absolute Gasteiger partial charge is 0.328 e. The van der Waals surface area contributed by atoms with Gasteiger partial charge in [0.15, 0.2) is 0 Å². The summed E-state index contributed by atoms with van der Waals surface area (Å²) in [4.78, 5) is 21.3. The maximum atomic E-state index is 11.3. The van der Waals surface area contributed by atoms with Crippen molar-refractivity contribution in [3.8, 4) is 0 Å². The van der Waals surface area contributed by atoms with Gasteiger partial charge in [0, 0.05) is 17.8 Å². The molecule has 0 aromatic heterocycles. The number of methoxy groups -OCH3 is 1. The number of carbonyl (C=O) groups is 1. The van der Waals surface area contributed by atoms with Crippen molar-refractivity contribution in [1.82, 2.24) is 0 Å². The van der Waals surface area contributed by atoms with Crippen molar-refractivity contribution in [2.45, 2.75) is 19.4 Å². The Morgan fingerprint density at radius 2 is 2.06 bits per heavy atom. The first kappa shape index (κ1) is 13.0. The summed E-state index contributed by atoms with van der Waals surface area (Å²) in [5, 5.41) is 13.4. The first-order valence-electron chi connectivity index (χ1n) is 5.17. The molecule has 6 heteroatoms. The fraction of sp³-hybridized carbons (Fsp3) is 0.364. The predicted molar refractivity (Wildman–Crippen MR) is 62.8 cm³/mol. The van der Waals surface area contributed by atoms with Crippen molar-refractivity contribution in [3.63, 3.8) is 0 Å². The maximum Gasteiger partial charge on any atom is 0.328 e. The second-order valence-corrected chi connectivity index (χ2v) is 3.43. The van der Waals surface area contributed by atoms with Crippen LogP contribution in [0.3, 0.4) is 0 Å².